The number of rotatable bonds is 4. The number of quaternary nitrogens is 1. The van der Waals surface area contributed by atoms with E-state index in [0.717, 1.165) is 18.7 Å². The molecule has 0 aliphatic carbocycles. The first-order valence-electron chi connectivity index (χ1n) is 7.15. The molecule has 20 heavy (non-hydrogen) atoms. The number of carbonyl (C=O) groups is 1. The van der Waals surface area contributed by atoms with Gasteiger partial charge in [0.2, 0.25) is 0 Å². The van der Waals surface area contributed by atoms with Crippen LogP contribution in [0.5, 0.6) is 0 Å². The Labute approximate surface area is 124 Å². The largest absolute Gasteiger partial charge is 0.327 e. The summed E-state index contributed by atoms with van der Waals surface area (Å²) >= 11 is 5.80. The monoisotopic (exact) mass is 294 g/mol. The number of halogens is 1. The lowest BCUT2D eigenvalue weighted by atomic mass is 10.2. The van der Waals surface area contributed by atoms with Crippen molar-refractivity contribution in [2.45, 2.75) is 25.7 Å². The summed E-state index contributed by atoms with van der Waals surface area (Å²) in [6.45, 7) is 2.70. The zero-order chi connectivity index (χ0) is 14.2. The second-order valence-electron chi connectivity index (χ2n) is 5.19. The maximum absolute atomic E-state index is 11.8. The summed E-state index contributed by atoms with van der Waals surface area (Å²) in [6.07, 6.45) is 6.65. The van der Waals surface area contributed by atoms with Crippen LogP contribution >= 0.6 is 11.6 Å². The molecule has 1 saturated heterocycles. The second kappa shape index (κ2) is 8.02. The summed E-state index contributed by atoms with van der Waals surface area (Å²) in [6, 6.07) is 7.31. The molecule has 1 amide bonds. The molecule has 0 atom stereocenters. The molecule has 0 saturated carbocycles. The first-order chi connectivity index (χ1) is 9.74. The summed E-state index contributed by atoms with van der Waals surface area (Å²) in [5, 5.41) is 4.67. The topological polar surface area (TPSA) is 45.9 Å². The molecule has 1 fully saturated rings. The highest BCUT2D eigenvalue weighted by molar-refractivity contribution is 6.30. The zero-order valence-electron chi connectivity index (χ0n) is 11.6. The molecular formula is C15H21ClN3O+. The summed E-state index contributed by atoms with van der Waals surface area (Å²) in [4.78, 5) is 13.2. The molecule has 2 rings (SSSR count). The van der Waals surface area contributed by atoms with Gasteiger partial charge in [0.15, 0.2) is 6.54 Å². The van der Waals surface area contributed by atoms with Gasteiger partial charge in [0.05, 0.1) is 19.3 Å². The van der Waals surface area contributed by atoms with Crippen LogP contribution in [0.2, 0.25) is 5.02 Å². The maximum atomic E-state index is 11.8. The van der Waals surface area contributed by atoms with E-state index in [4.69, 9.17) is 11.6 Å². The van der Waals surface area contributed by atoms with Crippen LogP contribution in [0, 0.1) is 0 Å². The lowest BCUT2D eigenvalue weighted by molar-refractivity contribution is -0.891. The lowest BCUT2D eigenvalue weighted by Gasteiger charge is -2.15. The SMILES string of the molecule is O=C(C[NH+]1CCCCCC1)N/N=C\c1ccc(Cl)cc1. The van der Waals surface area contributed by atoms with E-state index in [0.29, 0.717) is 11.6 Å². The van der Waals surface area contributed by atoms with Crippen molar-refractivity contribution in [1.29, 1.82) is 0 Å². The molecule has 0 aromatic heterocycles. The Morgan fingerprint density at radius 3 is 2.50 bits per heavy atom. The van der Waals surface area contributed by atoms with Crippen molar-refractivity contribution in [3.05, 3.63) is 34.9 Å². The standard InChI is InChI=1S/C15H20ClN3O/c16-14-7-5-13(6-8-14)11-17-18-15(20)12-19-9-3-1-2-4-10-19/h5-8,11H,1-4,9-10,12H2,(H,18,20)/p+1/b17-11-. The van der Waals surface area contributed by atoms with E-state index in [1.165, 1.54) is 30.6 Å². The van der Waals surface area contributed by atoms with Crippen LogP contribution in [0.25, 0.3) is 0 Å². The third kappa shape index (κ3) is 5.31. The van der Waals surface area contributed by atoms with Gasteiger partial charge in [-0.05, 0) is 43.4 Å². The second-order valence-corrected chi connectivity index (χ2v) is 5.62. The van der Waals surface area contributed by atoms with Crippen molar-refractivity contribution < 1.29 is 9.69 Å². The molecule has 1 aromatic carbocycles. The number of nitrogens with zero attached hydrogens (tertiary/aromatic N) is 1. The van der Waals surface area contributed by atoms with Gasteiger partial charge in [-0.2, -0.15) is 5.10 Å². The van der Waals surface area contributed by atoms with E-state index in [2.05, 4.69) is 10.5 Å². The molecule has 5 heteroatoms. The Bertz CT molecular complexity index is 451. The molecule has 0 bridgehead atoms. The number of hydrogen-bond acceptors (Lipinski definition) is 2. The third-order valence-corrected chi connectivity index (χ3v) is 3.75. The predicted molar refractivity (Wildman–Crippen MR) is 81.2 cm³/mol. The van der Waals surface area contributed by atoms with Gasteiger partial charge < -0.3 is 4.90 Å². The van der Waals surface area contributed by atoms with Crippen LogP contribution < -0.4 is 10.3 Å². The molecule has 0 unspecified atom stereocenters. The van der Waals surface area contributed by atoms with Crippen molar-refractivity contribution in [1.82, 2.24) is 5.43 Å². The van der Waals surface area contributed by atoms with Crippen molar-refractivity contribution in [3.8, 4) is 0 Å². The molecule has 1 aliphatic heterocycles. The molecule has 1 aliphatic rings. The highest BCUT2D eigenvalue weighted by atomic mass is 35.5. The zero-order valence-corrected chi connectivity index (χ0v) is 12.3. The van der Waals surface area contributed by atoms with Gasteiger partial charge in [-0.1, -0.05) is 23.7 Å². The Morgan fingerprint density at radius 1 is 1.20 bits per heavy atom. The Balaban J connectivity index is 1.75. The average molecular weight is 295 g/mol. The van der Waals surface area contributed by atoms with Crippen molar-refractivity contribution in [2.75, 3.05) is 19.6 Å². The quantitative estimate of drug-likeness (QED) is 0.637. The van der Waals surface area contributed by atoms with Crippen LogP contribution in [-0.2, 0) is 4.79 Å². The van der Waals surface area contributed by atoms with Gasteiger partial charge in [-0.25, -0.2) is 5.43 Å². The van der Waals surface area contributed by atoms with Crippen LogP contribution in [0.15, 0.2) is 29.4 Å². The summed E-state index contributed by atoms with van der Waals surface area (Å²) in [7, 11) is 0. The van der Waals surface area contributed by atoms with E-state index in [1.54, 1.807) is 18.3 Å². The smallest absolute Gasteiger partial charge is 0.295 e. The predicted octanol–water partition coefficient (Wildman–Crippen LogP) is 1.25. The van der Waals surface area contributed by atoms with E-state index in [1.807, 2.05) is 12.1 Å². The first kappa shape index (κ1) is 15.0. The van der Waals surface area contributed by atoms with E-state index < -0.39 is 0 Å². The molecule has 1 heterocycles. The number of likely N-dealkylation sites (tertiary alicyclic amines) is 1. The Hall–Kier alpha value is -1.39. The number of hydrogen-bond donors (Lipinski definition) is 2. The first-order valence-corrected chi connectivity index (χ1v) is 7.53. The number of nitrogens with one attached hydrogen (secondary N) is 2. The van der Waals surface area contributed by atoms with Crippen molar-refractivity contribution >= 4 is 23.7 Å². The molecule has 4 nitrogen and oxygen atoms in total. The minimum Gasteiger partial charge on any atom is -0.327 e. The lowest BCUT2D eigenvalue weighted by Crippen LogP contribution is -3.13. The highest BCUT2D eigenvalue weighted by Crippen LogP contribution is 2.07. The molecule has 2 N–H and O–H groups in total. The number of carbonyl (C=O) groups excluding carboxylic acids is 1. The van der Waals surface area contributed by atoms with E-state index in [-0.39, 0.29) is 5.91 Å². The molecule has 0 spiro atoms. The van der Waals surface area contributed by atoms with Gasteiger partial charge in [0, 0.05) is 5.02 Å². The fraction of sp³-hybridized carbons (Fsp3) is 0.467. The van der Waals surface area contributed by atoms with Gasteiger partial charge in [-0.3, -0.25) is 4.79 Å². The Kier molecular flexibility index (Phi) is 6.02. The Morgan fingerprint density at radius 2 is 1.85 bits per heavy atom. The third-order valence-electron chi connectivity index (χ3n) is 3.49. The average Bonchev–Trinajstić information content (AvgIpc) is 2.70. The fourth-order valence-corrected chi connectivity index (χ4v) is 2.53. The van der Waals surface area contributed by atoms with Crippen LogP contribution in [0.3, 0.4) is 0 Å². The fourth-order valence-electron chi connectivity index (χ4n) is 2.40. The van der Waals surface area contributed by atoms with Crippen molar-refractivity contribution in [2.24, 2.45) is 5.10 Å². The van der Waals surface area contributed by atoms with Gasteiger partial charge in [0.1, 0.15) is 0 Å². The number of amides is 1. The van der Waals surface area contributed by atoms with Gasteiger partial charge in [-0.15, -0.1) is 0 Å². The minimum atomic E-state index is -0.0212. The summed E-state index contributed by atoms with van der Waals surface area (Å²) < 4.78 is 0. The molecular weight excluding hydrogens is 274 g/mol. The molecule has 108 valence electrons. The van der Waals surface area contributed by atoms with Gasteiger partial charge in [0.25, 0.3) is 5.91 Å². The van der Waals surface area contributed by atoms with E-state index in [9.17, 15) is 4.79 Å². The van der Waals surface area contributed by atoms with Crippen LogP contribution in [0.1, 0.15) is 31.2 Å². The molecule has 0 radical (unpaired) electrons. The normalized spacial score (nSPS) is 17.1. The number of hydrazone groups is 1. The van der Waals surface area contributed by atoms with E-state index >= 15 is 0 Å². The van der Waals surface area contributed by atoms with Crippen LogP contribution in [0.4, 0.5) is 0 Å². The minimum absolute atomic E-state index is 0.0212. The van der Waals surface area contributed by atoms with Gasteiger partial charge >= 0.3 is 0 Å². The highest BCUT2D eigenvalue weighted by Gasteiger charge is 2.15. The number of benzene rings is 1. The van der Waals surface area contributed by atoms with Crippen molar-refractivity contribution in [3.63, 3.8) is 0 Å². The summed E-state index contributed by atoms with van der Waals surface area (Å²) in [5.74, 6) is -0.0212. The van der Waals surface area contributed by atoms with Crippen LogP contribution in [-0.4, -0.2) is 31.8 Å². The molecule has 1 aromatic rings. The maximum Gasteiger partial charge on any atom is 0.295 e. The summed E-state index contributed by atoms with van der Waals surface area (Å²) in [5.41, 5.74) is 3.50.